The predicted molar refractivity (Wildman–Crippen MR) is 161 cm³/mol. The number of carboxylic acid groups (broad SMARTS) is 1. The number of carbonyl (C=O) groups excluding carboxylic acids is 2. The first-order valence-electron chi connectivity index (χ1n) is 15.7. The molecule has 10 nitrogen and oxygen atoms in total. The third kappa shape index (κ3) is 27.1. The molecule has 0 rings (SSSR count). The lowest BCUT2D eigenvalue weighted by atomic mass is 10.0. The van der Waals surface area contributed by atoms with Crippen LogP contribution in [0.2, 0.25) is 0 Å². The van der Waals surface area contributed by atoms with Crippen LogP contribution in [-0.2, 0) is 32.7 Å². The van der Waals surface area contributed by atoms with Gasteiger partial charge in [-0.1, -0.05) is 90.4 Å². The van der Waals surface area contributed by atoms with E-state index in [4.69, 9.17) is 18.9 Å². The van der Waals surface area contributed by atoms with E-state index in [-0.39, 0.29) is 32.0 Å². The average molecular weight is 608 g/mol. The quantitative estimate of drug-likeness (QED) is 0.0491. The van der Waals surface area contributed by atoms with Gasteiger partial charge in [-0.05, 0) is 46.5 Å². The Kier molecular flexibility index (Phi) is 23.1. The van der Waals surface area contributed by atoms with E-state index in [9.17, 15) is 23.8 Å². The van der Waals surface area contributed by atoms with Crippen molar-refractivity contribution in [3.05, 3.63) is 0 Å². The second-order valence-electron chi connectivity index (χ2n) is 11.8. The number of aliphatic carboxylic acids is 1. The Bertz CT molecular complexity index is 755. The molecule has 1 amide bonds. The van der Waals surface area contributed by atoms with E-state index in [0.29, 0.717) is 6.42 Å². The fourth-order valence-corrected chi connectivity index (χ4v) is 5.03. The molecule has 2 unspecified atom stereocenters. The summed E-state index contributed by atoms with van der Waals surface area (Å²) in [7, 11) is -3.89. The fraction of sp³-hybridized carbons (Fsp3) is 0.900. The summed E-state index contributed by atoms with van der Waals surface area (Å²) in [6.07, 6.45) is 16.8. The third-order valence-electron chi connectivity index (χ3n) is 6.48. The van der Waals surface area contributed by atoms with Gasteiger partial charge in [-0.15, -0.1) is 0 Å². The van der Waals surface area contributed by atoms with Crippen LogP contribution in [0.1, 0.15) is 150 Å². The molecular weight excluding hydrogens is 549 g/mol. The number of carbonyl (C=O) groups is 3. The van der Waals surface area contributed by atoms with E-state index in [1.807, 2.05) is 0 Å². The van der Waals surface area contributed by atoms with Crippen molar-refractivity contribution < 1.29 is 42.7 Å². The molecule has 0 heterocycles. The Balaban J connectivity index is 3.70. The van der Waals surface area contributed by atoms with E-state index >= 15 is 0 Å². The van der Waals surface area contributed by atoms with E-state index in [0.717, 1.165) is 70.6 Å². The van der Waals surface area contributed by atoms with Crippen LogP contribution in [0.3, 0.4) is 0 Å². The van der Waals surface area contributed by atoms with Crippen molar-refractivity contribution in [1.82, 2.24) is 5.32 Å². The number of ether oxygens (including phenoxy) is 1. The molecule has 0 saturated heterocycles. The summed E-state index contributed by atoms with van der Waals surface area (Å²) < 4.78 is 27.0. The summed E-state index contributed by atoms with van der Waals surface area (Å²) >= 11 is 0. The maximum atomic E-state index is 12.3. The van der Waals surface area contributed by atoms with Gasteiger partial charge >= 0.3 is 19.8 Å². The Morgan fingerprint density at radius 2 is 1.17 bits per heavy atom. The molecule has 2 atom stereocenters. The molecule has 41 heavy (non-hydrogen) atoms. The molecule has 0 aliphatic rings. The van der Waals surface area contributed by atoms with Gasteiger partial charge in [0.1, 0.15) is 11.6 Å². The number of phosphoric acid groups is 1. The van der Waals surface area contributed by atoms with Crippen LogP contribution in [-0.4, -0.2) is 52.7 Å². The number of unbranched alkanes of at least 4 members (excludes halogenated alkanes) is 14. The monoisotopic (exact) mass is 607 g/mol. The summed E-state index contributed by atoms with van der Waals surface area (Å²) in [6.45, 7) is 7.78. The molecule has 0 fully saturated rings. The number of hydrogen-bond acceptors (Lipinski definition) is 7. The zero-order valence-electron chi connectivity index (χ0n) is 26.1. The van der Waals surface area contributed by atoms with Gasteiger partial charge in [-0.2, -0.15) is 0 Å². The first-order chi connectivity index (χ1) is 19.4. The lowest BCUT2D eigenvalue weighted by Crippen LogP contribution is -2.44. The van der Waals surface area contributed by atoms with Gasteiger partial charge in [0.05, 0.1) is 13.2 Å². The molecule has 0 aromatic carbocycles. The minimum atomic E-state index is -3.89. The van der Waals surface area contributed by atoms with Crippen LogP contribution in [0.4, 0.5) is 0 Å². The minimum absolute atomic E-state index is 0.00878. The van der Waals surface area contributed by atoms with Crippen molar-refractivity contribution in [3.63, 3.8) is 0 Å². The van der Waals surface area contributed by atoms with Crippen LogP contribution in [0, 0.1) is 0 Å². The van der Waals surface area contributed by atoms with Crippen molar-refractivity contribution in [2.24, 2.45) is 0 Å². The summed E-state index contributed by atoms with van der Waals surface area (Å²) in [5.41, 5.74) is -0.709. The van der Waals surface area contributed by atoms with Crippen molar-refractivity contribution >= 4 is 25.7 Å². The Labute approximate surface area is 248 Å². The van der Waals surface area contributed by atoms with E-state index in [2.05, 4.69) is 12.2 Å². The lowest BCUT2D eigenvalue weighted by Gasteiger charge is -2.24. The second-order valence-corrected chi connectivity index (χ2v) is 13.2. The molecule has 3 N–H and O–H groups in total. The first kappa shape index (κ1) is 39.5. The predicted octanol–water partition coefficient (Wildman–Crippen LogP) is 7.46. The zero-order chi connectivity index (χ0) is 31.0. The average Bonchev–Trinajstić information content (AvgIpc) is 2.87. The SMILES string of the molecule is CCCCCOP(=O)(O)OCCCCCCCCCCCCCCCC(=O)NC(CCC(=O)O)C(=O)OC(C)(C)C. The van der Waals surface area contributed by atoms with Crippen LogP contribution >= 0.6 is 7.82 Å². The smallest absolute Gasteiger partial charge is 0.472 e. The fourth-order valence-electron chi connectivity index (χ4n) is 4.24. The summed E-state index contributed by atoms with van der Waals surface area (Å²) in [4.78, 5) is 45.1. The van der Waals surface area contributed by atoms with Gasteiger partial charge in [0.15, 0.2) is 0 Å². The standard InChI is InChI=1S/C30H58NO9P/c1-5-6-19-24-38-41(36,37)39-25-20-17-15-13-11-9-7-8-10-12-14-16-18-21-27(32)31-26(22-23-28(33)34)29(35)40-30(2,3)4/h26H,5-25H2,1-4H3,(H,31,32)(H,33,34)(H,36,37). The molecule has 0 radical (unpaired) electrons. The van der Waals surface area contributed by atoms with Crippen LogP contribution in [0.25, 0.3) is 0 Å². The summed E-state index contributed by atoms with van der Waals surface area (Å²) in [6, 6.07) is -0.946. The van der Waals surface area contributed by atoms with Crippen molar-refractivity contribution in [2.45, 2.75) is 161 Å². The van der Waals surface area contributed by atoms with E-state index < -0.39 is 31.4 Å². The molecule has 242 valence electrons. The zero-order valence-corrected chi connectivity index (χ0v) is 27.0. The second kappa shape index (κ2) is 24.0. The van der Waals surface area contributed by atoms with Crippen LogP contribution in [0.15, 0.2) is 0 Å². The molecule has 0 aliphatic heterocycles. The Hall–Kier alpha value is -1.48. The van der Waals surface area contributed by atoms with Crippen molar-refractivity contribution in [2.75, 3.05) is 13.2 Å². The topological polar surface area (TPSA) is 148 Å². The highest BCUT2D eigenvalue weighted by molar-refractivity contribution is 7.47. The van der Waals surface area contributed by atoms with Gasteiger partial charge in [0, 0.05) is 12.8 Å². The Morgan fingerprint density at radius 1 is 0.732 bits per heavy atom. The van der Waals surface area contributed by atoms with E-state index in [1.165, 1.54) is 32.1 Å². The maximum Gasteiger partial charge on any atom is 0.472 e. The molecule has 0 spiro atoms. The van der Waals surface area contributed by atoms with Gasteiger partial charge < -0.3 is 20.1 Å². The van der Waals surface area contributed by atoms with Crippen molar-refractivity contribution in [3.8, 4) is 0 Å². The van der Waals surface area contributed by atoms with Gasteiger partial charge in [-0.3, -0.25) is 18.6 Å². The third-order valence-corrected chi connectivity index (χ3v) is 7.50. The molecule has 0 aromatic heterocycles. The molecular formula is C30H58NO9P. The summed E-state index contributed by atoms with van der Waals surface area (Å²) in [5.74, 6) is -1.87. The molecule has 11 heteroatoms. The summed E-state index contributed by atoms with van der Waals surface area (Å²) in [5, 5.41) is 11.6. The molecule has 0 saturated carbocycles. The maximum absolute atomic E-state index is 12.3. The minimum Gasteiger partial charge on any atom is -0.481 e. The number of hydrogen-bond donors (Lipinski definition) is 3. The largest absolute Gasteiger partial charge is 0.481 e. The number of rotatable bonds is 27. The lowest BCUT2D eigenvalue weighted by molar-refractivity contribution is -0.159. The first-order valence-corrected chi connectivity index (χ1v) is 17.2. The number of carboxylic acids is 1. The van der Waals surface area contributed by atoms with Gasteiger partial charge in [-0.25, -0.2) is 9.36 Å². The number of amides is 1. The van der Waals surface area contributed by atoms with Crippen LogP contribution in [0.5, 0.6) is 0 Å². The highest BCUT2D eigenvalue weighted by Crippen LogP contribution is 2.43. The number of phosphoric ester groups is 1. The highest BCUT2D eigenvalue weighted by atomic mass is 31.2. The highest BCUT2D eigenvalue weighted by Gasteiger charge is 2.27. The van der Waals surface area contributed by atoms with Gasteiger partial charge in [0.2, 0.25) is 5.91 Å². The van der Waals surface area contributed by atoms with Crippen LogP contribution < -0.4 is 5.32 Å². The molecule has 0 bridgehead atoms. The normalized spacial score (nSPS) is 13.9. The number of nitrogens with one attached hydrogen (secondary N) is 1. The van der Waals surface area contributed by atoms with Gasteiger partial charge in [0.25, 0.3) is 0 Å². The van der Waals surface area contributed by atoms with Crippen molar-refractivity contribution in [1.29, 1.82) is 0 Å². The number of esters is 1. The molecule has 0 aromatic rings. The van der Waals surface area contributed by atoms with E-state index in [1.54, 1.807) is 20.8 Å². The Morgan fingerprint density at radius 3 is 1.61 bits per heavy atom. The molecule has 0 aliphatic carbocycles.